The Morgan fingerprint density at radius 3 is 1.97 bits per heavy atom. The third kappa shape index (κ3) is 12.1. The van der Waals surface area contributed by atoms with Gasteiger partial charge in [-0.1, -0.05) is 78.1 Å². The molecular formula is C27H45N5O6. The minimum absolute atomic E-state index is 0.0342. The number of esters is 2. The molecule has 0 spiro atoms. The van der Waals surface area contributed by atoms with Crippen LogP contribution in [0.15, 0.2) is 11.1 Å². The van der Waals surface area contributed by atoms with Gasteiger partial charge in [-0.05, 0) is 12.8 Å². The van der Waals surface area contributed by atoms with E-state index < -0.39 is 11.7 Å². The summed E-state index contributed by atoms with van der Waals surface area (Å²) in [5, 5.41) is 0. The molecule has 214 valence electrons. The van der Waals surface area contributed by atoms with Crippen molar-refractivity contribution in [3.63, 3.8) is 0 Å². The standard InChI is InChI=1S/C27H45N5O6/c1-3-5-7-9-11-13-15-22(33)36-17-21(18-37-23(34)16-14-12-10-8-6-4-2)38-20-32-19-29-24-25(32)30-27(28)31-26(24)35/h19,21H,3-18,20H2,1-2H3,(H3,28,30,31,35). The van der Waals surface area contributed by atoms with E-state index in [0.29, 0.717) is 12.8 Å². The molecule has 0 unspecified atom stereocenters. The van der Waals surface area contributed by atoms with Gasteiger partial charge < -0.3 is 19.9 Å². The first-order valence-corrected chi connectivity index (χ1v) is 14.1. The lowest BCUT2D eigenvalue weighted by Crippen LogP contribution is -2.29. The lowest BCUT2D eigenvalue weighted by Gasteiger charge is -2.18. The summed E-state index contributed by atoms with van der Waals surface area (Å²) in [5.41, 5.74) is 5.61. The van der Waals surface area contributed by atoms with E-state index in [-0.39, 0.29) is 49.0 Å². The number of carbonyl (C=O) groups is 2. The van der Waals surface area contributed by atoms with Gasteiger partial charge in [-0.25, -0.2) is 4.98 Å². The Hall–Kier alpha value is -2.95. The summed E-state index contributed by atoms with van der Waals surface area (Å²) in [5.74, 6) is -0.642. The molecule has 2 heterocycles. The average Bonchev–Trinajstić information content (AvgIpc) is 3.30. The molecule has 2 aromatic heterocycles. The van der Waals surface area contributed by atoms with Gasteiger partial charge >= 0.3 is 11.9 Å². The molecule has 0 aromatic carbocycles. The number of unbranched alkanes of at least 4 members (excludes halogenated alkanes) is 10. The van der Waals surface area contributed by atoms with Crippen molar-refractivity contribution in [3.8, 4) is 0 Å². The van der Waals surface area contributed by atoms with Gasteiger partial charge in [0, 0.05) is 12.8 Å². The first kappa shape index (κ1) is 31.3. The van der Waals surface area contributed by atoms with Crippen molar-refractivity contribution < 1.29 is 23.8 Å². The zero-order valence-electron chi connectivity index (χ0n) is 23.0. The second-order valence-corrected chi connectivity index (χ2v) is 9.66. The predicted molar refractivity (Wildman–Crippen MR) is 145 cm³/mol. The number of H-pyrrole nitrogens is 1. The number of anilines is 1. The zero-order chi connectivity index (χ0) is 27.6. The van der Waals surface area contributed by atoms with E-state index in [1.165, 1.54) is 49.4 Å². The van der Waals surface area contributed by atoms with E-state index >= 15 is 0 Å². The second kappa shape index (κ2) is 18.3. The van der Waals surface area contributed by atoms with Crippen molar-refractivity contribution in [2.75, 3.05) is 18.9 Å². The number of aromatic nitrogens is 4. The van der Waals surface area contributed by atoms with Crippen LogP contribution in [0.1, 0.15) is 104 Å². The van der Waals surface area contributed by atoms with E-state index in [1.807, 2.05) is 0 Å². The van der Waals surface area contributed by atoms with Crippen LogP contribution in [0.2, 0.25) is 0 Å². The van der Waals surface area contributed by atoms with Crippen molar-refractivity contribution >= 4 is 29.1 Å². The molecule has 0 fully saturated rings. The van der Waals surface area contributed by atoms with Gasteiger partial charge in [0.05, 0.1) is 6.33 Å². The molecule has 0 aliphatic heterocycles. The third-order valence-electron chi connectivity index (χ3n) is 6.27. The fourth-order valence-electron chi connectivity index (χ4n) is 4.01. The Balaban J connectivity index is 1.85. The largest absolute Gasteiger partial charge is 0.463 e. The van der Waals surface area contributed by atoms with Crippen LogP contribution in [0.3, 0.4) is 0 Å². The van der Waals surface area contributed by atoms with Crippen LogP contribution in [0.4, 0.5) is 5.95 Å². The Kier molecular flexibility index (Phi) is 15.1. The van der Waals surface area contributed by atoms with Gasteiger partial charge in [-0.3, -0.25) is 23.9 Å². The fraction of sp³-hybridized carbons (Fsp3) is 0.741. The number of imidazole rings is 1. The minimum Gasteiger partial charge on any atom is -0.463 e. The van der Waals surface area contributed by atoms with Crippen LogP contribution in [-0.4, -0.2) is 50.8 Å². The van der Waals surface area contributed by atoms with E-state index in [0.717, 1.165) is 38.5 Å². The van der Waals surface area contributed by atoms with Crippen LogP contribution >= 0.6 is 0 Å². The Morgan fingerprint density at radius 2 is 1.42 bits per heavy atom. The highest BCUT2D eigenvalue weighted by atomic mass is 16.6. The second-order valence-electron chi connectivity index (χ2n) is 9.66. The normalized spacial score (nSPS) is 11.3. The van der Waals surface area contributed by atoms with Gasteiger partial charge in [0.15, 0.2) is 11.2 Å². The number of ether oxygens (including phenoxy) is 3. The SMILES string of the molecule is CCCCCCCCC(=O)OCC(COC(=O)CCCCCCCC)OCn1cnc2c(=O)[nH]c(N)nc21. The maximum Gasteiger partial charge on any atom is 0.305 e. The molecule has 0 bridgehead atoms. The number of rotatable bonds is 21. The van der Waals surface area contributed by atoms with Crippen molar-refractivity contribution in [1.29, 1.82) is 0 Å². The molecule has 3 N–H and O–H groups in total. The lowest BCUT2D eigenvalue weighted by atomic mass is 10.1. The maximum atomic E-state index is 12.2. The van der Waals surface area contributed by atoms with Gasteiger partial charge in [-0.2, -0.15) is 4.98 Å². The van der Waals surface area contributed by atoms with Crippen LogP contribution in [-0.2, 0) is 30.5 Å². The number of aromatic amines is 1. The van der Waals surface area contributed by atoms with Crippen molar-refractivity contribution in [1.82, 2.24) is 19.5 Å². The van der Waals surface area contributed by atoms with Crippen molar-refractivity contribution in [3.05, 3.63) is 16.7 Å². The van der Waals surface area contributed by atoms with E-state index in [1.54, 1.807) is 0 Å². The van der Waals surface area contributed by atoms with Crippen LogP contribution < -0.4 is 11.3 Å². The number of nitrogens with one attached hydrogen (secondary N) is 1. The first-order chi connectivity index (χ1) is 18.4. The maximum absolute atomic E-state index is 12.2. The molecule has 0 aliphatic carbocycles. The molecule has 0 saturated heterocycles. The van der Waals surface area contributed by atoms with Crippen LogP contribution in [0.25, 0.3) is 11.2 Å². The molecule has 11 heteroatoms. The van der Waals surface area contributed by atoms with Crippen molar-refractivity contribution in [2.45, 2.75) is 117 Å². The molecule has 2 aromatic rings. The molecule has 0 aliphatic rings. The Labute approximate surface area is 224 Å². The molecule has 0 atom stereocenters. The molecule has 38 heavy (non-hydrogen) atoms. The van der Waals surface area contributed by atoms with E-state index in [2.05, 4.69) is 28.8 Å². The molecule has 0 saturated carbocycles. The highest BCUT2D eigenvalue weighted by Crippen LogP contribution is 2.11. The van der Waals surface area contributed by atoms with E-state index in [4.69, 9.17) is 19.9 Å². The number of nitrogens with zero attached hydrogens (tertiary/aromatic N) is 3. The minimum atomic E-state index is -0.686. The van der Waals surface area contributed by atoms with Gasteiger partial charge in [0.2, 0.25) is 5.95 Å². The lowest BCUT2D eigenvalue weighted by molar-refractivity contribution is -0.157. The van der Waals surface area contributed by atoms with Crippen LogP contribution in [0.5, 0.6) is 0 Å². The summed E-state index contributed by atoms with van der Waals surface area (Å²) < 4.78 is 18.3. The van der Waals surface area contributed by atoms with Gasteiger partial charge in [-0.15, -0.1) is 0 Å². The van der Waals surface area contributed by atoms with Crippen LogP contribution in [0, 0.1) is 0 Å². The average molecular weight is 536 g/mol. The highest BCUT2D eigenvalue weighted by molar-refractivity contribution is 5.70. The number of nitrogens with two attached hydrogens (primary N) is 1. The summed E-state index contributed by atoms with van der Waals surface area (Å²) >= 11 is 0. The number of fused-ring (bicyclic) bond motifs is 1. The summed E-state index contributed by atoms with van der Waals surface area (Å²) in [6.45, 7) is 4.19. The Morgan fingerprint density at radius 1 is 0.895 bits per heavy atom. The number of nitrogen functional groups attached to an aromatic ring is 1. The predicted octanol–water partition coefficient (Wildman–Crippen LogP) is 4.63. The smallest absolute Gasteiger partial charge is 0.305 e. The first-order valence-electron chi connectivity index (χ1n) is 14.1. The monoisotopic (exact) mass is 535 g/mol. The summed E-state index contributed by atoms with van der Waals surface area (Å²) in [6, 6.07) is 0. The number of hydrogen-bond donors (Lipinski definition) is 2. The number of carbonyl (C=O) groups excluding carboxylic acids is 2. The molecular weight excluding hydrogens is 490 g/mol. The fourth-order valence-corrected chi connectivity index (χ4v) is 4.01. The number of hydrogen-bond acceptors (Lipinski definition) is 9. The van der Waals surface area contributed by atoms with Crippen molar-refractivity contribution in [2.24, 2.45) is 0 Å². The topological polar surface area (TPSA) is 151 Å². The molecule has 11 nitrogen and oxygen atoms in total. The Bertz CT molecular complexity index is 989. The summed E-state index contributed by atoms with van der Waals surface area (Å²) in [4.78, 5) is 47.1. The molecule has 0 amide bonds. The zero-order valence-corrected chi connectivity index (χ0v) is 23.0. The highest BCUT2D eigenvalue weighted by Gasteiger charge is 2.17. The van der Waals surface area contributed by atoms with Gasteiger partial charge in [0.25, 0.3) is 5.56 Å². The molecule has 0 radical (unpaired) electrons. The van der Waals surface area contributed by atoms with Gasteiger partial charge in [0.1, 0.15) is 26.0 Å². The molecule has 2 rings (SSSR count). The summed E-state index contributed by atoms with van der Waals surface area (Å²) in [6.07, 6.45) is 14.3. The van der Waals surface area contributed by atoms with E-state index in [9.17, 15) is 14.4 Å². The quantitative estimate of drug-likeness (QED) is 0.172. The summed E-state index contributed by atoms with van der Waals surface area (Å²) in [7, 11) is 0. The third-order valence-corrected chi connectivity index (χ3v) is 6.27.